The summed E-state index contributed by atoms with van der Waals surface area (Å²) < 4.78 is 0. The summed E-state index contributed by atoms with van der Waals surface area (Å²) in [7, 11) is 0. The zero-order valence-electron chi connectivity index (χ0n) is 12.7. The van der Waals surface area contributed by atoms with Crippen LogP contribution in [0.25, 0.3) is 0 Å². The third kappa shape index (κ3) is 3.19. The Morgan fingerprint density at radius 3 is 2.83 bits per heavy atom. The van der Waals surface area contributed by atoms with Gasteiger partial charge < -0.3 is 5.11 Å². The van der Waals surface area contributed by atoms with Gasteiger partial charge in [0.1, 0.15) is 6.04 Å². The van der Waals surface area contributed by atoms with E-state index in [1.54, 1.807) is 12.1 Å². The van der Waals surface area contributed by atoms with Crippen molar-refractivity contribution < 1.29 is 14.8 Å². The van der Waals surface area contributed by atoms with Crippen LogP contribution in [0.4, 0.5) is 5.69 Å². The molecule has 7 heteroatoms. The fourth-order valence-electron chi connectivity index (χ4n) is 4.06. The molecule has 1 N–H and O–H groups in total. The summed E-state index contributed by atoms with van der Waals surface area (Å²) in [5.41, 5.74) is 0.484. The molecular formula is C16H19ClN2O4. The Balaban J connectivity index is 1.90. The van der Waals surface area contributed by atoms with E-state index in [1.807, 2.05) is 4.90 Å². The van der Waals surface area contributed by atoms with Crippen LogP contribution in [-0.4, -0.2) is 33.0 Å². The number of carbonyl (C=O) groups is 1. The van der Waals surface area contributed by atoms with E-state index in [4.69, 9.17) is 11.6 Å². The number of rotatable bonds is 4. The van der Waals surface area contributed by atoms with E-state index in [2.05, 4.69) is 0 Å². The normalized spacial score (nSPS) is 27.6. The maximum atomic E-state index is 11.6. The van der Waals surface area contributed by atoms with Gasteiger partial charge in [0.15, 0.2) is 0 Å². The average Bonchev–Trinajstić information content (AvgIpc) is 2.88. The largest absolute Gasteiger partial charge is 0.480 e. The number of hydrogen-bond donors (Lipinski definition) is 1. The molecule has 6 nitrogen and oxygen atoms in total. The molecule has 3 atom stereocenters. The van der Waals surface area contributed by atoms with Crippen molar-refractivity contribution in [2.75, 3.05) is 0 Å². The molecule has 1 aliphatic heterocycles. The smallest absolute Gasteiger partial charge is 0.320 e. The van der Waals surface area contributed by atoms with E-state index in [9.17, 15) is 20.0 Å². The molecule has 3 unspecified atom stereocenters. The first-order chi connectivity index (χ1) is 11.0. The van der Waals surface area contributed by atoms with Crippen LogP contribution in [0, 0.1) is 16.0 Å². The van der Waals surface area contributed by atoms with Gasteiger partial charge in [-0.05, 0) is 37.3 Å². The molecule has 1 saturated heterocycles. The van der Waals surface area contributed by atoms with Gasteiger partial charge in [0.25, 0.3) is 5.69 Å². The van der Waals surface area contributed by atoms with Crippen LogP contribution in [0.1, 0.15) is 37.7 Å². The molecule has 3 rings (SSSR count). The number of nitrogens with zero attached hydrogens (tertiary/aromatic N) is 2. The zero-order valence-corrected chi connectivity index (χ0v) is 13.4. The first-order valence-electron chi connectivity index (χ1n) is 7.88. The van der Waals surface area contributed by atoms with E-state index < -0.39 is 16.9 Å². The highest BCUT2D eigenvalue weighted by Crippen LogP contribution is 2.41. The molecule has 1 aliphatic carbocycles. The van der Waals surface area contributed by atoms with Crippen LogP contribution in [0.5, 0.6) is 0 Å². The molecule has 0 amide bonds. The quantitative estimate of drug-likeness (QED) is 0.671. The number of hydrogen-bond acceptors (Lipinski definition) is 4. The van der Waals surface area contributed by atoms with E-state index >= 15 is 0 Å². The first-order valence-corrected chi connectivity index (χ1v) is 8.26. The van der Waals surface area contributed by atoms with Crippen LogP contribution in [-0.2, 0) is 11.3 Å². The summed E-state index contributed by atoms with van der Waals surface area (Å²) >= 11 is 5.86. The number of halogens is 1. The minimum atomic E-state index is -0.837. The molecule has 124 valence electrons. The van der Waals surface area contributed by atoms with Crippen LogP contribution in [0.15, 0.2) is 18.2 Å². The molecule has 23 heavy (non-hydrogen) atoms. The Morgan fingerprint density at radius 2 is 2.13 bits per heavy atom. The average molecular weight is 339 g/mol. The molecule has 0 bridgehead atoms. The molecular weight excluding hydrogens is 320 g/mol. The summed E-state index contributed by atoms with van der Waals surface area (Å²) in [6, 6.07) is 4.24. The summed E-state index contributed by atoms with van der Waals surface area (Å²) in [6.07, 6.45) is 4.89. The third-order valence-electron chi connectivity index (χ3n) is 5.10. The highest BCUT2D eigenvalue weighted by Gasteiger charge is 2.45. The van der Waals surface area contributed by atoms with Crippen LogP contribution < -0.4 is 0 Å². The monoisotopic (exact) mass is 338 g/mol. The second-order valence-electron chi connectivity index (χ2n) is 6.40. The number of nitro groups is 1. The molecule has 1 saturated carbocycles. The minimum Gasteiger partial charge on any atom is -0.480 e. The Hall–Kier alpha value is -1.66. The fourth-order valence-corrected chi connectivity index (χ4v) is 4.23. The van der Waals surface area contributed by atoms with Crippen molar-refractivity contribution in [1.29, 1.82) is 0 Å². The maximum absolute atomic E-state index is 11.6. The Morgan fingerprint density at radius 1 is 1.39 bits per heavy atom. The molecule has 0 radical (unpaired) electrons. The van der Waals surface area contributed by atoms with Gasteiger partial charge in [0.2, 0.25) is 0 Å². The van der Waals surface area contributed by atoms with Gasteiger partial charge in [0.05, 0.1) is 4.92 Å². The van der Waals surface area contributed by atoms with E-state index in [1.165, 1.54) is 6.07 Å². The number of carboxylic acids is 1. The van der Waals surface area contributed by atoms with Crippen molar-refractivity contribution in [1.82, 2.24) is 4.90 Å². The lowest BCUT2D eigenvalue weighted by molar-refractivity contribution is -0.385. The van der Waals surface area contributed by atoms with Crippen molar-refractivity contribution in [2.45, 2.75) is 50.7 Å². The Kier molecular flexibility index (Phi) is 4.55. The molecule has 2 fully saturated rings. The Labute approximate surface area is 139 Å². The topological polar surface area (TPSA) is 83.7 Å². The Bertz CT molecular complexity index is 637. The molecule has 1 aromatic rings. The fraction of sp³-hybridized carbons (Fsp3) is 0.562. The van der Waals surface area contributed by atoms with Gasteiger partial charge in [-0.25, -0.2) is 0 Å². The van der Waals surface area contributed by atoms with Gasteiger partial charge in [-0.15, -0.1) is 0 Å². The number of aliphatic carboxylic acids is 1. The summed E-state index contributed by atoms with van der Waals surface area (Å²) in [6.45, 7) is 0.283. The molecule has 1 heterocycles. The van der Waals surface area contributed by atoms with Crippen molar-refractivity contribution in [3.05, 3.63) is 38.9 Å². The third-order valence-corrected chi connectivity index (χ3v) is 5.34. The zero-order chi connectivity index (χ0) is 16.6. The SMILES string of the molecule is O=C(O)C1CC2CCCCC2N1Cc1ccc(Cl)cc1[N+](=O)[O-]. The van der Waals surface area contributed by atoms with Gasteiger partial charge in [-0.3, -0.25) is 19.8 Å². The molecule has 1 aromatic carbocycles. The van der Waals surface area contributed by atoms with E-state index in [0.29, 0.717) is 22.9 Å². The van der Waals surface area contributed by atoms with E-state index in [0.717, 1.165) is 25.7 Å². The lowest BCUT2D eigenvalue weighted by Gasteiger charge is -2.32. The highest BCUT2D eigenvalue weighted by molar-refractivity contribution is 6.30. The van der Waals surface area contributed by atoms with Crippen molar-refractivity contribution in [3.63, 3.8) is 0 Å². The van der Waals surface area contributed by atoms with Crippen molar-refractivity contribution >= 4 is 23.3 Å². The van der Waals surface area contributed by atoms with Gasteiger partial charge in [-0.2, -0.15) is 0 Å². The van der Waals surface area contributed by atoms with Crippen LogP contribution in [0.3, 0.4) is 0 Å². The first kappa shape index (κ1) is 16.2. The number of benzene rings is 1. The van der Waals surface area contributed by atoms with Gasteiger partial charge in [0, 0.05) is 29.2 Å². The van der Waals surface area contributed by atoms with Crippen molar-refractivity contribution in [2.24, 2.45) is 5.92 Å². The number of likely N-dealkylation sites (tertiary alicyclic amines) is 1. The summed E-state index contributed by atoms with van der Waals surface area (Å²) in [5.74, 6) is -0.452. The maximum Gasteiger partial charge on any atom is 0.320 e. The van der Waals surface area contributed by atoms with Crippen LogP contribution >= 0.6 is 11.6 Å². The van der Waals surface area contributed by atoms with E-state index in [-0.39, 0.29) is 18.3 Å². The van der Waals surface area contributed by atoms with Gasteiger partial charge >= 0.3 is 5.97 Å². The predicted octanol–water partition coefficient (Wildman–Crippen LogP) is 3.47. The molecule has 0 spiro atoms. The van der Waals surface area contributed by atoms with Crippen molar-refractivity contribution in [3.8, 4) is 0 Å². The molecule has 2 aliphatic rings. The second-order valence-corrected chi connectivity index (χ2v) is 6.84. The lowest BCUT2D eigenvalue weighted by atomic mass is 9.84. The second kappa shape index (κ2) is 6.45. The predicted molar refractivity (Wildman–Crippen MR) is 85.4 cm³/mol. The summed E-state index contributed by atoms with van der Waals surface area (Å²) in [5, 5.41) is 21.1. The lowest BCUT2D eigenvalue weighted by Crippen LogP contribution is -2.41. The number of nitro benzene ring substituents is 1. The molecule has 0 aromatic heterocycles. The number of carboxylic acid groups (broad SMARTS) is 1. The summed E-state index contributed by atoms with van der Waals surface area (Å²) in [4.78, 5) is 24.4. The highest BCUT2D eigenvalue weighted by atomic mass is 35.5. The number of fused-ring (bicyclic) bond motifs is 1. The standard InChI is InChI=1S/C16H19ClN2O4/c17-12-6-5-11(14(8-12)19(22)23)9-18-13-4-2-1-3-10(13)7-15(18)16(20)21/h5-6,8,10,13,15H,1-4,7,9H2,(H,20,21). The van der Waals surface area contributed by atoms with Gasteiger partial charge in [-0.1, -0.05) is 24.4 Å². The van der Waals surface area contributed by atoms with Crippen LogP contribution in [0.2, 0.25) is 5.02 Å². The minimum absolute atomic E-state index is 0.0408.